The highest BCUT2D eigenvalue weighted by atomic mass is 19.1. The monoisotopic (exact) mass is 538 g/mol. The summed E-state index contributed by atoms with van der Waals surface area (Å²) >= 11 is 0. The molecule has 1 aromatic carbocycles. The van der Waals surface area contributed by atoms with Crippen LogP contribution < -0.4 is 10.1 Å². The van der Waals surface area contributed by atoms with Crippen LogP contribution in [-0.2, 0) is 6.54 Å². The minimum atomic E-state index is -0.677. The van der Waals surface area contributed by atoms with Crippen molar-refractivity contribution in [3.05, 3.63) is 131 Å². The maximum atomic E-state index is 14.8. The number of hydrogen-bond acceptors (Lipinski definition) is 5. The second-order valence-electron chi connectivity index (χ2n) is 9.04. The molecule has 6 aromatic rings. The predicted octanol–water partition coefficient (Wildman–Crippen LogP) is 4.94. The molecule has 0 saturated heterocycles. The topological polar surface area (TPSA) is 84.3 Å². The Bertz CT molecular complexity index is 1920. The summed E-state index contributed by atoms with van der Waals surface area (Å²) in [6, 6.07) is 18.0. The molecule has 0 atom stereocenters. The highest BCUT2D eigenvalue weighted by Crippen LogP contribution is 2.30. The summed E-state index contributed by atoms with van der Waals surface area (Å²) in [7, 11) is 0. The third kappa shape index (κ3) is 4.66. The Morgan fingerprint density at radius 2 is 1.48 bits per heavy atom. The van der Waals surface area contributed by atoms with Crippen LogP contribution in [0.25, 0.3) is 39.2 Å². The van der Waals surface area contributed by atoms with Gasteiger partial charge in [-0.15, -0.1) is 0 Å². The third-order valence-electron chi connectivity index (χ3n) is 6.46. The van der Waals surface area contributed by atoms with Gasteiger partial charge in [-0.05, 0) is 60.2 Å². The molecule has 10 heteroatoms. The van der Waals surface area contributed by atoms with E-state index in [4.69, 9.17) is 0 Å². The summed E-state index contributed by atoms with van der Waals surface area (Å²) in [5, 5.41) is 11.4. The van der Waals surface area contributed by atoms with E-state index < -0.39 is 23.3 Å². The highest BCUT2D eigenvalue weighted by molar-refractivity contribution is 5.74. The summed E-state index contributed by atoms with van der Waals surface area (Å²) in [5.74, 6) is -2.27. The van der Waals surface area contributed by atoms with Crippen molar-refractivity contribution in [2.24, 2.45) is 0 Å². The fourth-order valence-electron chi connectivity index (χ4n) is 4.54. The van der Waals surface area contributed by atoms with Gasteiger partial charge in [0.05, 0.1) is 11.9 Å². The normalized spacial score (nSPS) is 11.2. The van der Waals surface area contributed by atoms with Crippen molar-refractivity contribution in [2.45, 2.75) is 6.54 Å². The minimum Gasteiger partial charge on any atom is -0.477 e. The molecular weight excluding hydrogens is 519 g/mol. The molecule has 0 unspecified atom stereocenters. The molecule has 0 amide bonds. The first-order valence-corrected chi connectivity index (χ1v) is 12.1. The zero-order valence-corrected chi connectivity index (χ0v) is 20.7. The van der Waals surface area contributed by atoms with Crippen molar-refractivity contribution < 1.29 is 22.8 Å². The molecule has 6 rings (SSSR count). The van der Waals surface area contributed by atoms with Crippen LogP contribution in [0.1, 0.15) is 5.56 Å². The SMILES string of the molecule is O=c1c(-c2cc(F)cc(-c3ccc(F)nc3)c2)c(O)[n+](Cc2ccc(-c3ccc(F)nc3)nc2)c2ccccn12. The number of benzene rings is 1. The van der Waals surface area contributed by atoms with Crippen LogP contribution in [0, 0.1) is 17.7 Å². The third-order valence-corrected chi connectivity index (χ3v) is 6.46. The van der Waals surface area contributed by atoms with Gasteiger partial charge in [0.25, 0.3) is 11.5 Å². The summed E-state index contributed by atoms with van der Waals surface area (Å²) in [6.07, 6.45) is 5.82. The number of aromatic hydroxyl groups is 1. The molecule has 1 N–H and O–H groups in total. The zero-order chi connectivity index (χ0) is 27.8. The van der Waals surface area contributed by atoms with Crippen LogP contribution in [0.15, 0.2) is 102 Å². The van der Waals surface area contributed by atoms with Crippen molar-refractivity contribution in [3.8, 4) is 39.4 Å². The van der Waals surface area contributed by atoms with Gasteiger partial charge in [0.2, 0.25) is 11.9 Å². The van der Waals surface area contributed by atoms with Crippen molar-refractivity contribution >= 4 is 5.65 Å². The minimum absolute atomic E-state index is 0.110. The lowest BCUT2D eigenvalue weighted by Gasteiger charge is -2.11. The predicted molar refractivity (Wildman–Crippen MR) is 141 cm³/mol. The fraction of sp³-hybridized carbons (Fsp3) is 0.0333. The number of aromatic nitrogens is 5. The van der Waals surface area contributed by atoms with E-state index in [1.807, 2.05) is 0 Å². The number of pyridine rings is 4. The molecule has 0 aliphatic heterocycles. The van der Waals surface area contributed by atoms with Crippen molar-refractivity contribution in [1.29, 1.82) is 0 Å². The number of hydrogen-bond donors (Lipinski definition) is 1. The smallest absolute Gasteiger partial charge is 0.354 e. The Hall–Kier alpha value is -5.38. The molecule has 5 aromatic heterocycles. The maximum Gasteiger partial charge on any atom is 0.354 e. The molecule has 40 heavy (non-hydrogen) atoms. The van der Waals surface area contributed by atoms with Crippen LogP contribution in [0.5, 0.6) is 5.88 Å². The lowest BCUT2D eigenvalue weighted by Crippen LogP contribution is -2.41. The first-order valence-electron chi connectivity index (χ1n) is 12.1. The van der Waals surface area contributed by atoms with E-state index >= 15 is 0 Å². The molecule has 0 bridgehead atoms. The first kappa shape index (κ1) is 24.9. The maximum absolute atomic E-state index is 14.8. The summed E-state index contributed by atoms with van der Waals surface area (Å²) < 4.78 is 44.2. The molecule has 0 aliphatic carbocycles. The van der Waals surface area contributed by atoms with Gasteiger partial charge in [-0.1, -0.05) is 12.1 Å². The molecule has 0 saturated carbocycles. The van der Waals surface area contributed by atoms with Crippen molar-refractivity contribution in [2.75, 3.05) is 0 Å². The Labute approximate surface area is 225 Å². The van der Waals surface area contributed by atoms with Gasteiger partial charge >= 0.3 is 5.56 Å². The Kier molecular flexibility index (Phi) is 6.27. The van der Waals surface area contributed by atoms with E-state index in [9.17, 15) is 23.1 Å². The first-order chi connectivity index (χ1) is 19.4. The van der Waals surface area contributed by atoms with Gasteiger partial charge in [0.15, 0.2) is 5.56 Å². The zero-order valence-electron chi connectivity index (χ0n) is 20.7. The second kappa shape index (κ2) is 10.1. The number of halogens is 3. The van der Waals surface area contributed by atoms with E-state index in [1.54, 1.807) is 54.9 Å². The van der Waals surface area contributed by atoms with Gasteiger partial charge in [0, 0.05) is 46.9 Å². The highest BCUT2D eigenvalue weighted by Gasteiger charge is 2.26. The molecule has 196 valence electrons. The average molecular weight is 539 g/mol. The molecule has 0 fully saturated rings. The molecule has 0 spiro atoms. The van der Waals surface area contributed by atoms with Crippen LogP contribution in [0.3, 0.4) is 0 Å². The van der Waals surface area contributed by atoms with Crippen LogP contribution in [-0.4, -0.2) is 24.5 Å². The van der Waals surface area contributed by atoms with E-state index in [0.717, 1.165) is 12.1 Å². The van der Waals surface area contributed by atoms with E-state index in [1.165, 1.54) is 39.6 Å². The van der Waals surface area contributed by atoms with Crippen LogP contribution >= 0.6 is 0 Å². The van der Waals surface area contributed by atoms with Crippen LogP contribution in [0.2, 0.25) is 0 Å². The van der Waals surface area contributed by atoms with Crippen molar-refractivity contribution in [3.63, 3.8) is 0 Å². The number of nitrogens with zero attached hydrogens (tertiary/aromatic N) is 5. The number of rotatable bonds is 5. The number of fused-ring (bicyclic) bond motifs is 1. The average Bonchev–Trinajstić information content (AvgIpc) is 2.96. The lowest BCUT2D eigenvalue weighted by molar-refractivity contribution is -0.671. The van der Waals surface area contributed by atoms with Gasteiger partial charge in [-0.2, -0.15) is 17.7 Å². The van der Waals surface area contributed by atoms with E-state index in [2.05, 4.69) is 15.0 Å². The van der Waals surface area contributed by atoms with Gasteiger partial charge in [0.1, 0.15) is 12.4 Å². The Morgan fingerprint density at radius 3 is 2.15 bits per heavy atom. The standard InChI is InChI=1S/C30H18F3N5O2/c31-23-12-21(19-5-8-25(32)35-15-19)11-22(13-23)28-29(39)37-10-2-1-3-27(37)38(30(28)40)17-18-4-7-24(34-14-18)20-6-9-26(33)36-16-20/h1-16H,17H2/p+1. The van der Waals surface area contributed by atoms with Gasteiger partial charge in [-0.3, -0.25) is 4.98 Å². The molecule has 0 radical (unpaired) electrons. The largest absolute Gasteiger partial charge is 0.477 e. The van der Waals surface area contributed by atoms with E-state index in [-0.39, 0.29) is 23.6 Å². The van der Waals surface area contributed by atoms with Gasteiger partial charge in [-0.25, -0.2) is 19.2 Å². The quantitative estimate of drug-likeness (QED) is 0.248. The molecule has 7 nitrogen and oxygen atoms in total. The van der Waals surface area contributed by atoms with Gasteiger partial charge < -0.3 is 5.11 Å². The molecular formula is C30H19F3N5O2+. The van der Waals surface area contributed by atoms with Crippen LogP contribution in [0.4, 0.5) is 13.2 Å². The van der Waals surface area contributed by atoms with E-state index in [0.29, 0.717) is 33.6 Å². The molecule has 0 aliphatic rings. The Balaban J connectivity index is 1.46. The Morgan fingerprint density at radius 1 is 0.750 bits per heavy atom. The molecule has 5 heterocycles. The summed E-state index contributed by atoms with van der Waals surface area (Å²) in [4.78, 5) is 25.3. The summed E-state index contributed by atoms with van der Waals surface area (Å²) in [6.45, 7) is 0.131. The fourth-order valence-corrected chi connectivity index (χ4v) is 4.54. The second-order valence-corrected chi connectivity index (χ2v) is 9.04. The summed E-state index contributed by atoms with van der Waals surface area (Å²) in [5.41, 5.74) is 2.62. The lowest BCUT2D eigenvalue weighted by atomic mass is 10.0. The van der Waals surface area contributed by atoms with Crippen molar-refractivity contribution in [1.82, 2.24) is 19.4 Å².